The quantitative estimate of drug-likeness (QED) is 0.783. The van der Waals surface area contributed by atoms with Crippen LogP contribution in [0.5, 0.6) is 5.75 Å². The summed E-state index contributed by atoms with van der Waals surface area (Å²) in [4.78, 5) is 1.83. The van der Waals surface area contributed by atoms with Crippen LogP contribution in [0.4, 0.5) is 8.78 Å². The second-order valence-electron chi connectivity index (χ2n) is 5.48. The number of terminal acetylenes is 1. The van der Waals surface area contributed by atoms with Gasteiger partial charge in [-0.25, -0.2) is 8.78 Å². The van der Waals surface area contributed by atoms with E-state index >= 15 is 0 Å². The molecule has 0 aromatic heterocycles. The second-order valence-corrected chi connectivity index (χ2v) is 5.48. The lowest BCUT2D eigenvalue weighted by atomic mass is 10.0. The number of hydrogen-bond donors (Lipinski definition) is 1. The predicted molar refractivity (Wildman–Crippen MR) is 83.1 cm³/mol. The van der Waals surface area contributed by atoms with Crippen molar-refractivity contribution in [1.29, 1.82) is 0 Å². The Bertz CT molecular complexity index is 476. The van der Waals surface area contributed by atoms with Gasteiger partial charge in [-0.2, -0.15) is 0 Å². The van der Waals surface area contributed by atoms with E-state index in [9.17, 15) is 8.78 Å². The molecule has 1 N–H and O–H groups in total. The van der Waals surface area contributed by atoms with Crippen molar-refractivity contribution in [3.05, 3.63) is 29.8 Å². The predicted octanol–water partition coefficient (Wildman–Crippen LogP) is 2.52. The van der Waals surface area contributed by atoms with E-state index in [0.29, 0.717) is 6.04 Å². The molecule has 3 nitrogen and oxygen atoms in total. The van der Waals surface area contributed by atoms with Crippen molar-refractivity contribution in [2.75, 3.05) is 26.2 Å². The standard InChI is InChI=1S/C17H22F2N2O/c1-2-11-22-16-5-3-14(4-6-16)12-20-15-7-9-21(10-8-15)13-17(18)19/h1,3-6,15,17,20H,7-13H2. The van der Waals surface area contributed by atoms with Crippen LogP contribution in [0.15, 0.2) is 24.3 Å². The normalized spacial score (nSPS) is 16.6. The Kier molecular flexibility index (Phi) is 6.63. The molecule has 2 rings (SSSR count). The third-order valence-corrected chi connectivity index (χ3v) is 3.82. The second kappa shape index (κ2) is 8.72. The number of hydrogen-bond acceptors (Lipinski definition) is 3. The molecule has 1 fully saturated rings. The molecule has 1 aliphatic heterocycles. The summed E-state index contributed by atoms with van der Waals surface area (Å²) in [6.07, 6.45) is 4.73. The highest BCUT2D eigenvalue weighted by atomic mass is 19.3. The molecule has 0 aliphatic carbocycles. The number of halogens is 2. The Hall–Kier alpha value is -1.64. The molecule has 0 amide bonds. The zero-order valence-electron chi connectivity index (χ0n) is 12.6. The molecule has 1 heterocycles. The lowest BCUT2D eigenvalue weighted by Crippen LogP contribution is -2.43. The number of benzene rings is 1. The van der Waals surface area contributed by atoms with Gasteiger partial charge in [-0.1, -0.05) is 18.1 Å². The highest BCUT2D eigenvalue weighted by molar-refractivity contribution is 5.27. The largest absolute Gasteiger partial charge is 0.481 e. The molecule has 0 bridgehead atoms. The van der Waals surface area contributed by atoms with Gasteiger partial charge in [0.05, 0.1) is 6.54 Å². The molecular weight excluding hydrogens is 286 g/mol. The SMILES string of the molecule is C#CCOc1ccc(CNC2CCN(CC(F)F)CC2)cc1. The van der Waals surface area contributed by atoms with Crippen LogP contribution < -0.4 is 10.1 Å². The first-order valence-corrected chi connectivity index (χ1v) is 7.56. The van der Waals surface area contributed by atoms with Crippen molar-refractivity contribution >= 4 is 0 Å². The molecular formula is C17H22F2N2O. The zero-order chi connectivity index (χ0) is 15.8. The minimum atomic E-state index is -2.24. The smallest absolute Gasteiger partial charge is 0.251 e. The third-order valence-electron chi connectivity index (χ3n) is 3.82. The van der Waals surface area contributed by atoms with Crippen LogP contribution in [0.25, 0.3) is 0 Å². The van der Waals surface area contributed by atoms with Crippen LogP contribution in [0.3, 0.4) is 0 Å². The highest BCUT2D eigenvalue weighted by Crippen LogP contribution is 2.14. The first-order chi connectivity index (χ1) is 10.7. The van der Waals surface area contributed by atoms with Crippen molar-refractivity contribution in [2.24, 2.45) is 0 Å². The van der Waals surface area contributed by atoms with E-state index in [2.05, 4.69) is 11.2 Å². The van der Waals surface area contributed by atoms with Crippen LogP contribution >= 0.6 is 0 Å². The number of rotatable bonds is 7. The summed E-state index contributed by atoms with van der Waals surface area (Å²) < 4.78 is 30.0. The summed E-state index contributed by atoms with van der Waals surface area (Å²) in [6.45, 7) is 2.41. The molecule has 1 aromatic rings. The lowest BCUT2D eigenvalue weighted by Gasteiger charge is -2.32. The van der Waals surface area contributed by atoms with Gasteiger partial charge in [0.15, 0.2) is 0 Å². The molecule has 0 unspecified atom stereocenters. The van der Waals surface area contributed by atoms with Gasteiger partial charge in [0.2, 0.25) is 0 Å². The molecule has 0 saturated carbocycles. The first kappa shape index (κ1) is 16.7. The fourth-order valence-electron chi connectivity index (χ4n) is 2.61. The van der Waals surface area contributed by atoms with Crippen molar-refractivity contribution in [3.8, 4) is 18.1 Å². The Morgan fingerprint density at radius 2 is 1.95 bits per heavy atom. The Labute approximate surface area is 130 Å². The summed E-state index contributed by atoms with van der Waals surface area (Å²) in [6, 6.07) is 8.21. The zero-order valence-corrected chi connectivity index (χ0v) is 12.6. The number of alkyl halides is 2. The van der Waals surface area contributed by atoms with Crippen LogP contribution in [-0.4, -0.2) is 43.6 Å². The first-order valence-electron chi connectivity index (χ1n) is 7.56. The van der Waals surface area contributed by atoms with E-state index in [0.717, 1.165) is 38.2 Å². The van der Waals surface area contributed by atoms with Crippen molar-refractivity contribution in [3.63, 3.8) is 0 Å². The molecule has 1 aromatic carbocycles. The van der Waals surface area contributed by atoms with Gasteiger partial charge in [-0.15, -0.1) is 6.42 Å². The minimum absolute atomic E-state index is 0.105. The van der Waals surface area contributed by atoms with Crippen molar-refractivity contribution < 1.29 is 13.5 Å². The maximum atomic E-state index is 12.3. The summed E-state index contributed by atoms with van der Waals surface area (Å²) >= 11 is 0. The average Bonchev–Trinajstić information content (AvgIpc) is 2.53. The number of likely N-dealkylation sites (tertiary alicyclic amines) is 1. The van der Waals surface area contributed by atoms with Gasteiger partial charge < -0.3 is 10.1 Å². The summed E-state index contributed by atoms with van der Waals surface area (Å²) in [5.41, 5.74) is 1.17. The number of nitrogens with zero attached hydrogens (tertiary/aromatic N) is 1. The molecule has 1 aliphatic rings. The van der Waals surface area contributed by atoms with E-state index in [1.807, 2.05) is 29.2 Å². The Morgan fingerprint density at radius 1 is 1.27 bits per heavy atom. The van der Waals surface area contributed by atoms with Crippen molar-refractivity contribution in [2.45, 2.75) is 31.9 Å². The molecule has 5 heteroatoms. The number of piperidine rings is 1. The molecule has 0 radical (unpaired) electrons. The van der Waals surface area contributed by atoms with E-state index in [4.69, 9.17) is 11.2 Å². The summed E-state index contributed by atoms with van der Waals surface area (Å²) in [7, 11) is 0. The molecule has 22 heavy (non-hydrogen) atoms. The molecule has 120 valence electrons. The van der Waals surface area contributed by atoms with E-state index in [-0.39, 0.29) is 13.2 Å². The van der Waals surface area contributed by atoms with Gasteiger partial charge in [-0.05, 0) is 43.6 Å². The highest BCUT2D eigenvalue weighted by Gasteiger charge is 2.20. The third kappa shape index (κ3) is 5.63. The Morgan fingerprint density at radius 3 is 2.55 bits per heavy atom. The van der Waals surface area contributed by atoms with Gasteiger partial charge in [0, 0.05) is 12.6 Å². The van der Waals surface area contributed by atoms with Gasteiger partial charge in [-0.3, -0.25) is 4.90 Å². The van der Waals surface area contributed by atoms with Crippen LogP contribution in [0.1, 0.15) is 18.4 Å². The van der Waals surface area contributed by atoms with Gasteiger partial charge in [0.1, 0.15) is 12.4 Å². The number of ether oxygens (including phenoxy) is 1. The Balaban J connectivity index is 1.69. The van der Waals surface area contributed by atoms with Crippen LogP contribution in [0.2, 0.25) is 0 Å². The van der Waals surface area contributed by atoms with Crippen LogP contribution in [0, 0.1) is 12.3 Å². The monoisotopic (exact) mass is 308 g/mol. The average molecular weight is 308 g/mol. The minimum Gasteiger partial charge on any atom is -0.481 e. The summed E-state index contributed by atoms with van der Waals surface area (Å²) in [5, 5.41) is 3.49. The van der Waals surface area contributed by atoms with Gasteiger partial charge >= 0.3 is 0 Å². The number of nitrogens with one attached hydrogen (secondary N) is 1. The summed E-state index contributed by atoms with van der Waals surface area (Å²) in [5.74, 6) is 3.19. The van der Waals surface area contributed by atoms with Crippen LogP contribution in [-0.2, 0) is 6.54 Å². The van der Waals surface area contributed by atoms with Crippen molar-refractivity contribution in [1.82, 2.24) is 10.2 Å². The topological polar surface area (TPSA) is 24.5 Å². The maximum absolute atomic E-state index is 12.3. The van der Waals surface area contributed by atoms with Gasteiger partial charge in [0.25, 0.3) is 6.43 Å². The molecule has 0 atom stereocenters. The van der Waals surface area contributed by atoms with E-state index < -0.39 is 6.43 Å². The molecule has 0 spiro atoms. The maximum Gasteiger partial charge on any atom is 0.251 e. The van der Waals surface area contributed by atoms with E-state index in [1.165, 1.54) is 5.56 Å². The van der Waals surface area contributed by atoms with E-state index in [1.54, 1.807) is 0 Å². The molecule has 1 saturated heterocycles. The lowest BCUT2D eigenvalue weighted by molar-refractivity contribution is 0.0729. The fraction of sp³-hybridized carbons (Fsp3) is 0.529. The fourth-order valence-corrected chi connectivity index (χ4v) is 2.61.